The Morgan fingerprint density at radius 2 is 2.00 bits per heavy atom. The summed E-state index contributed by atoms with van der Waals surface area (Å²) < 4.78 is 0. The lowest BCUT2D eigenvalue weighted by molar-refractivity contribution is 0.100. The van der Waals surface area contributed by atoms with Crippen molar-refractivity contribution in [2.75, 3.05) is 19.6 Å². The first-order valence-electron chi connectivity index (χ1n) is 7.67. The van der Waals surface area contributed by atoms with Gasteiger partial charge in [-0.1, -0.05) is 40.0 Å². The molecule has 1 saturated heterocycles. The number of hydrogen-bond donors (Lipinski definition) is 1. The Morgan fingerprint density at radius 3 is 2.53 bits per heavy atom. The first kappa shape index (κ1) is 15.0. The number of rotatable bonds is 8. The first-order valence-corrected chi connectivity index (χ1v) is 7.67. The van der Waals surface area contributed by atoms with Gasteiger partial charge in [0, 0.05) is 18.6 Å². The number of unbranched alkanes of at least 4 members (excludes halogenated alkanes) is 1. The zero-order valence-electron chi connectivity index (χ0n) is 12.2. The van der Waals surface area contributed by atoms with E-state index in [1.54, 1.807) is 0 Å². The molecule has 102 valence electrons. The van der Waals surface area contributed by atoms with E-state index in [0.29, 0.717) is 5.54 Å². The topological polar surface area (TPSA) is 29.3 Å². The van der Waals surface area contributed by atoms with Crippen LogP contribution in [-0.4, -0.2) is 30.1 Å². The second kappa shape index (κ2) is 7.38. The van der Waals surface area contributed by atoms with Gasteiger partial charge in [0.25, 0.3) is 0 Å². The van der Waals surface area contributed by atoms with Crippen molar-refractivity contribution in [3.63, 3.8) is 0 Å². The Balaban J connectivity index is 2.58. The molecular weight excluding hydrogens is 208 g/mol. The summed E-state index contributed by atoms with van der Waals surface area (Å²) in [4.78, 5) is 2.71. The van der Waals surface area contributed by atoms with Crippen molar-refractivity contribution in [1.29, 1.82) is 0 Å². The third-order valence-electron chi connectivity index (χ3n) is 4.69. The predicted octanol–water partition coefficient (Wildman–Crippen LogP) is 3.41. The maximum absolute atomic E-state index is 6.12. The summed E-state index contributed by atoms with van der Waals surface area (Å²) in [7, 11) is 0. The van der Waals surface area contributed by atoms with Crippen molar-refractivity contribution in [3.8, 4) is 0 Å². The molecule has 2 atom stereocenters. The van der Waals surface area contributed by atoms with Crippen molar-refractivity contribution in [2.24, 2.45) is 11.7 Å². The Kier molecular flexibility index (Phi) is 6.50. The minimum absolute atomic E-state index is 0.304. The zero-order valence-corrected chi connectivity index (χ0v) is 12.2. The maximum Gasteiger partial charge on any atom is 0.0329 e. The summed E-state index contributed by atoms with van der Waals surface area (Å²) in [6, 6.07) is 0. The van der Waals surface area contributed by atoms with E-state index in [0.717, 1.165) is 12.5 Å². The molecule has 0 aromatic carbocycles. The molecule has 1 rings (SSSR count). The number of nitrogens with zero attached hydrogens (tertiary/aromatic N) is 1. The first-order chi connectivity index (χ1) is 8.22. The van der Waals surface area contributed by atoms with E-state index in [-0.39, 0.29) is 0 Å². The van der Waals surface area contributed by atoms with Crippen LogP contribution in [0.1, 0.15) is 65.7 Å². The number of hydrogen-bond acceptors (Lipinski definition) is 2. The Morgan fingerprint density at radius 1 is 1.24 bits per heavy atom. The molecule has 0 radical (unpaired) electrons. The van der Waals surface area contributed by atoms with Gasteiger partial charge in [0.1, 0.15) is 0 Å². The van der Waals surface area contributed by atoms with Gasteiger partial charge in [-0.2, -0.15) is 0 Å². The molecule has 1 fully saturated rings. The highest BCUT2D eigenvalue weighted by Gasteiger charge is 2.37. The third kappa shape index (κ3) is 3.69. The minimum Gasteiger partial charge on any atom is -0.329 e. The van der Waals surface area contributed by atoms with Crippen LogP contribution in [0.25, 0.3) is 0 Å². The van der Waals surface area contributed by atoms with Gasteiger partial charge in [0.15, 0.2) is 0 Å². The molecular formula is C15H32N2. The van der Waals surface area contributed by atoms with Crippen LogP contribution in [0.15, 0.2) is 0 Å². The molecule has 0 aliphatic carbocycles. The van der Waals surface area contributed by atoms with Crippen LogP contribution in [0.3, 0.4) is 0 Å². The van der Waals surface area contributed by atoms with Crippen molar-refractivity contribution < 1.29 is 0 Å². The average Bonchev–Trinajstić information content (AvgIpc) is 2.81. The molecule has 0 amide bonds. The van der Waals surface area contributed by atoms with Crippen LogP contribution in [0.5, 0.6) is 0 Å². The van der Waals surface area contributed by atoms with E-state index in [1.165, 1.54) is 58.0 Å². The fraction of sp³-hybridized carbons (Fsp3) is 1.00. The second-order valence-electron chi connectivity index (χ2n) is 5.77. The molecule has 1 aliphatic heterocycles. The number of nitrogens with two attached hydrogens (primary N) is 1. The van der Waals surface area contributed by atoms with E-state index in [2.05, 4.69) is 25.7 Å². The monoisotopic (exact) mass is 240 g/mol. The fourth-order valence-corrected chi connectivity index (χ4v) is 3.35. The third-order valence-corrected chi connectivity index (χ3v) is 4.69. The lowest BCUT2D eigenvalue weighted by atomic mass is 9.88. The summed E-state index contributed by atoms with van der Waals surface area (Å²) in [5.41, 5.74) is 6.42. The predicted molar refractivity (Wildman–Crippen MR) is 76.2 cm³/mol. The molecule has 1 aliphatic rings. The molecule has 1 heterocycles. The fourth-order valence-electron chi connectivity index (χ4n) is 3.35. The highest BCUT2D eigenvalue weighted by Crippen LogP contribution is 2.32. The minimum atomic E-state index is 0.304. The quantitative estimate of drug-likeness (QED) is 0.704. The van der Waals surface area contributed by atoms with E-state index in [9.17, 15) is 0 Å². The van der Waals surface area contributed by atoms with Crippen molar-refractivity contribution in [3.05, 3.63) is 0 Å². The van der Waals surface area contributed by atoms with Crippen molar-refractivity contribution >= 4 is 0 Å². The highest BCUT2D eigenvalue weighted by atomic mass is 15.2. The summed E-state index contributed by atoms with van der Waals surface area (Å²) in [6.07, 6.45) is 9.22. The van der Waals surface area contributed by atoms with E-state index in [1.807, 2.05) is 0 Å². The molecule has 0 saturated carbocycles. The van der Waals surface area contributed by atoms with Crippen LogP contribution in [-0.2, 0) is 0 Å². The Bertz CT molecular complexity index is 199. The summed E-state index contributed by atoms with van der Waals surface area (Å²) in [5, 5.41) is 0. The van der Waals surface area contributed by atoms with Crippen LogP contribution < -0.4 is 5.73 Å². The Hall–Kier alpha value is -0.0800. The summed E-state index contributed by atoms with van der Waals surface area (Å²) >= 11 is 0. The standard InChI is InChI=1S/C15H32N2/c1-4-7-10-15(6-3,13-16)17-11-9-14(12-17)8-5-2/h14H,4-13,16H2,1-3H3. The van der Waals surface area contributed by atoms with Gasteiger partial charge in [0.05, 0.1) is 0 Å². The number of likely N-dealkylation sites (tertiary alicyclic amines) is 1. The van der Waals surface area contributed by atoms with Crippen molar-refractivity contribution in [2.45, 2.75) is 71.3 Å². The molecule has 17 heavy (non-hydrogen) atoms. The van der Waals surface area contributed by atoms with E-state index in [4.69, 9.17) is 5.73 Å². The van der Waals surface area contributed by atoms with Gasteiger partial charge in [-0.15, -0.1) is 0 Å². The second-order valence-corrected chi connectivity index (χ2v) is 5.77. The molecule has 0 aromatic heterocycles. The van der Waals surface area contributed by atoms with Gasteiger partial charge in [0.2, 0.25) is 0 Å². The molecule has 2 N–H and O–H groups in total. The summed E-state index contributed by atoms with van der Waals surface area (Å²) in [5.74, 6) is 0.930. The van der Waals surface area contributed by atoms with Crippen molar-refractivity contribution in [1.82, 2.24) is 4.90 Å². The zero-order chi connectivity index (χ0) is 12.7. The lowest BCUT2D eigenvalue weighted by Crippen LogP contribution is -2.52. The van der Waals surface area contributed by atoms with Gasteiger partial charge in [-0.25, -0.2) is 0 Å². The van der Waals surface area contributed by atoms with Crippen LogP contribution in [0.4, 0.5) is 0 Å². The average molecular weight is 240 g/mol. The smallest absolute Gasteiger partial charge is 0.0329 e. The van der Waals surface area contributed by atoms with Crippen LogP contribution >= 0.6 is 0 Å². The van der Waals surface area contributed by atoms with Crippen LogP contribution in [0.2, 0.25) is 0 Å². The summed E-state index contributed by atoms with van der Waals surface area (Å²) in [6.45, 7) is 10.3. The Labute approximate surface area is 108 Å². The van der Waals surface area contributed by atoms with Gasteiger partial charge >= 0.3 is 0 Å². The molecule has 2 heteroatoms. The van der Waals surface area contributed by atoms with Crippen LogP contribution in [0, 0.1) is 5.92 Å². The van der Waals surface area contributed by atoms with Gasteiger partial charge in [-0.05, 0) is 38.1 Å². The molecule has 0 aromatic rings. The largest absolute Gasteiger partial charge is 0.329 e. The molecule has 0 bridgehead atoms. The highest BCUT2D eigenvalue weighted by molar-refractivity contribution is 4.94. The SMILES string of the molecule is CCCCC(CC)(CN)N1CCC(CCC)C1. The van der Waals surface area contributed by atoms with E-state index < -0.39 is 0 Å². The molecule has 2 unspecified atom stereocenters. The van der Waals surface area contributed by atoms with Gasteiger partial charge in [-0.3, -0.25) is 4.90 Å². The normalized spacial score (nSPS) is 25.1. The maximum atomic E-state index is 6.12. The molecule has 0 spiro atoms. The lowest BCUT2D eigenvalue weighted by Gasteiger charge is -2.41. The molecule has 2 nitrogen and oxygen atoms in total. The van der Waals surface area contributed by atoms with E-state index >= 15 is 0 Å². The van der Waals surface area contributed by atoms with Gasteiger partial charge < -0.3 is 5.73 Å².